The molecule has 0 spiro atoms. The molecule has 2 rings (SSSR count). The van der Waals surface area contributed by atoms with Crippen LogP contribution in [0.15, 0.2) is 18.2 Å². The van der Waals surface area contributed by atoms with E-state index < -0.39 is 6.10 Å². The third-order valence-corrected chi connectivity index (χ3v) is 3.26. The van der Waals surface area contributed by atoms with Gasteiger partial charge < -0.3 is 20.5 Å². The molecule has 0 radical (unpaired) electrons. The number of aryl methyl sites for hydroxylation is 1. The van der Waals surface area contributed by atoms with Gasteiger partial charge in [0.2, 0.25) is 0 Å². The van der Waals surface area contributed by atoms with Gasteiger partial charge in [0.05, 0.1) is 12.7 Å². The van der Waals surface area contributed by atoms with Crippen molar-refractivity contribution < 1.29 is 9.84 Å². The van der Waals surface area contributed by atoms with E-state index >= 15 is 0 Å². The van der Waals surface area contributed by atoms with E-state index in [1.54, 1.807) is 0 Å². The quantitative estimate of drug-likeness (QED) is 0.776. The molecule has 1 aliphatic rings. The third-order valence-electron chi connectivity index (χ3n) is 3.26. The van der Waals surface area contributed by atoms with Crippen LogP contribution in [-0.2, 0) is 11.2 Å². The van der Waals surface area contributed by atoms with Crippen molar-refractivity contribution >= 4 is 11.4 Å². The lowest BCUT2D eigenvalue weighted by Gasteiger charge is -2.33. The van der Waals surface area contributed by atoms with Gasteiger partial charge in [-0.2, -0.15) is 0 Å². The molecule has 0 amide bonds. The molecule has 1 aromatic rings. The topological polar surface area (TPSA) is 58.7 Å². The zero-order valence-corrected chi connectivity index (χ0v) is 10.9. The first kappa shape index (κ1) is 13.2. The van der Waals surface area contributed by atoms with Crippen molar-refractivity contribution in [2.45, 2.75) is 25.9 Å². The number of fused-ring (bicyclic) bond motifs is 1. The number of anilines is 2. The van der Waals surface area contributed by atoms with Gasteiger partial charge in [-0.15, -0.1) is 0 Å². The van der Waals surface area contributed by atoms with Crippen LogP contribution >= 0.6 is 0 Å². The highest BCUT2D eigenvalue weighted by Gasteiger charge is 2.19. The third kappa shape index (κ3) is 3.15. The fraction of sp³-hybridized carbons (Fsp3) is 0.571. The Bertz CT molecular complexity index is 395. The normalized spacial score (nSPS) is 16.4. The molecule has 18 heavy (non-hydrogen) atoms. The van der Waals surface area contributed by atoms with E-state index in [1.165, 1.54) is 11.3 Å². The van der Waals surface area contributed by atoms with Crippen LogP contribution in [0.2, 0.25) is 0 Å². The highest BCUT2D eigenvalue weighted by atomic mass is 16.5. The Morgan fingerprint density at radius 1 is 1.50 bits per heavy atom. The summed E-state index contributed by atoms with van der Waals surface area (Å²) in [5.74, 6) is 0. The summed E-state index contributed by atoms with van der Waals surface area (Å²) in [6, 6.07) is 6.01. The van der Waals surface area contributed by atoms with Crippen molar-refractivity contribution in [2.75, 3.05) is 36.9 Å². The monoisotopic (exact) mass is 250 g/mol. The lowest BCUT2D eigenvalue weighted by Crippen LogP contribution is -2.38. The molecule has 0 aromatic heterocycles. The van der Waals surface area contributed by atoms with E-state index in [9.17, 15) is 5.11 Å². The number of hydrogen-bond donors (Lipinski definition) is 2. The van der Waals surface area contributed by atoms with Gasteiger partial charge >= 0.3 is 0 Å². The van der Waals surface area contributed by atoms with Crippen molar-refractivity contribution in [2.24, 2.45) is 0 Å². The summed E-state index contributed by atoms with van der Waals surface area (Å²) in [4.78, 5) is 2.22. The number of hydrogen-bond acceptors (Lipinski definition) is 4. The molecule has 1 heterocycles. The maximum atomic E-state index is 9.92. The fourth-order valence-corrected chi connectivity index (χ4v) is 2.45. The van der Waals surface area contributed by atoms with Gasteiger partial charge in [-0.25, -0.2) is 0 Å². The van der Waals surface area contributed by atoms with E-state index in [1.807, 2.05) is 19.1 Å². The second kappa shape index (κ2) is 6.07. The molecular weight excluding hydrogens is 228 g/mol. The second-order valence-electron chi connectivity index (χ2n) is 4.75. The fourth-order valence-electron chi connectivity index (χ4n) is 2.45. The van der Waals surface area contributed by atoms with Crippen LogP contribution in [0.25, 0.3) is 0 Å². The van der Waals surface area contributed by atoms with Crippen LogP contribution in [0.5, 0.6) is 0 Å². The molecule has 4 heteroatoms. The Kier molecular flexibility index (Phi) is 4.44. The van der Waals surface area contributed by atoms with Crippen molar-refractivity contribution in [3.05, 3.63) is 23.8 Å². The Balaban J connectivity index is 2.03. The van der Waals surface area contributed by atoms with E-state index in [2.05, 4.69) is 11.0 Å². The number of nitrogens with zero attached hydrogens (tertiary/aromatic N) is 1. The number of nitrogen functional groups attached to an aromatic ring is 1. The highest BCUT2D eigenvalue weighted by Crippen LogP contribution is 2.28. The lowest BCUT2D eigenvalue weighted by atomic mass is 10.0. The van der Waals surface area contributed by atoms with Crippen molar-refractivity contribution in [3.63, 3.8) is 0 Å². The molecule has 100 valence electrons. The van der Waals surface area contributed by atoms with Gasteiger partial charge in [0.1, 0.15) is 0 Å². The zero-order chi connectivity index (χ0) is 13.0. The summed E-state index contributed by atoms with van der Waals surface area (Å²) in [5, 5.41) is 9.92. The van der Waals surface area contributed by atoms with Crippen LogP contribution in [0.3, 0.4) is 0 Å². The van der Waals surface area contributed by atoms with Crippen molar-refractivity contribution in [3.8, 4) is 0 Å². The summed E-state index contributed by atoms with van der Waals surface area (Å²) in [6.45, 7) is 4.59. The summed E-state index contributed by atoms with van der Waals surface area (Å²) in [5.41, 5.74) is 9.10. The van der Waals surface area contributed by atoms with Crippen LogP contribution < -0.4 is 10.6 Å². The Hall–Kier alpha value is -1.26. The van der Waals surface area contributed by atoms with Gasteiger partial charge in [-0.1, -0.05) is 0 Å². The number of aliphatic hydroxyl groups excluding tert-OH is 1. The minimum atomic E-state index is -0.437. The predicted octanol–water partition coefficient (Wildman–Crippen LogP) is 1.42. The minimum Gasteiger partial charge on any atom is -0.399 e. The van der Waals surface area contributed by atoms with E-state index in [-0.39, 0.29) is 0 Å². The van der Waals surface area contributed by atoms with E-state index in [0.29, 0.717) is 19.8 Å². The molecule has 1 unspecified atom stereocenters. The summed E-state index contributed by atoms with van der Waals surface area (Å²) in [7, 11) is 0. The summed E-state index contributed by atoms with van der Waals surface area (Å²) >= 11 is 0. The maximum Gasteiger partial charge on any atom is 0.0947 e. The molecule has 1 aliphatic heterocycles. The maximum absolute atomic E-state index is 9.92. The molecule has 0 aliphatic carbocycles. The summed E-state index contributed by atoms with van der Waals surface area (Å²) < 4.78 is 5.25. The standard InChI is InChI=1S/C14H22N2O2/c1-2-18-10-13(17)9-16-7-3-4-11-8-12(15)5-6-14(11)16/h5-6,8,13,17H,2-4,7,9-10,15H2,1H3. The van der Waals surface area contributed by atoms with Crippen LogP contribution in [0.1, 0.15) is 18.9 Å². The van der Waals surface area contributed by atoms with Crippen molar-refractivity contribution in [1.29, 1.82) is 0 Å². The predicted molar refractivity (Wildman–Crippen MR) is 73.9 cm³/mol. The number of β-amino-alcohol motifs (C(OH)–C–C–N with tert-alkyl or cyclic N) is 1. The molecular formula is C14H22N2O2. The van der Waals surface area contributed by atoms with Gasteiger partial charge in [-0.05, 0) is 43.5 Å². The van der Waals surface area contributed by atoms with Gasteiger partial charge in [0, 0.05) is 31.1 Å². The molecule has 3 N–H and O–H groups in total. The average Bonchev–Trinajstić information content (AvgIpc) is 2.36. The number of benzene rings is 1. The number of nitrogens with two attached hydrogens (primary N) is 1. The minimum absolute atomic E-state index is 0.400. The van der Waals surface area contributed by atoms with Gasteiger partial charge in [-0.3, -0.25) is 0 Å². The number of ether oxygens (including phenoxy) is 1. The molecule has 0 fully saturated rings. The zero-order valence-electron chi connectivity index (χ0n) is 10.9. The van der Waals surface area contributed by atoms with Crippen molar-refractivity contribution in [1.82, 2.24) is 0 Å². The first-order chi connectivity index (χ1) is 8.70. The Morgan fingerprint density at radius 3 is 3.11 bits per heavy atom. The lowest BCUT2D eigenvalue weighted by molar-refractivity contribution is 0.0462. The molecule has 0 bridgehead atoms. The highest BCUT2D eigenvalue weighted by molar-refractivity contribution is 5.61. The van der Waals surface area contributed by atoms with Crippen LogP contribution in [0, 0.1) is 0 Å². The molecule has 4 nitrogen and oxygen atoms in total. The number of rotatable bonds is 5. The molecule has 0 saturated carbocycles. The van der Waals surface area contributed by atoms with E-state index in [0.717, 1.165) is 25.1 Å². The smallest absolute Gasteiger partial charge is 0.0947 e. The Morgan fingerprint density at radius 2 is 2.33 bits per heavy atom. The first-order valence-corrected chi connectivity index (χ1v) is 6.60. The average molecular weight is 250 g/mol. The van der Waals surface area contributed by atoms with Gasteiger partial charge in [0.25, 0.3) is 0 Å². The second-order valence-corrected chi connectivity index (χ2v) is 4.75. The SMILES string of the molecule is CCOCC(O)CN1CCCc2cc(N)ccc21. The summed E-state index contributed by atoms with van der Waals surface area (Å²) in [6.07, 6.45) is 1.74. The molecule has 1 aromatic carbocycles. The molecule has 1 atom stereocenters. The molecule has 0 saturated heterocycles. The largest absolute Gasteiger partial charge is 0.399 e. The number of aliphatic hydroxyl groups is 1. The Labute approximate surface area is 108 Å². The first-order valence-electron chi connectivity index (χ1n) is 6.60. The van der Waals surface area contributed by atoms with Crippen LogP contribution in [0.4, 0.5) is 11.4 Å². The van der Waals surface area contributed by atoms with Crippen LogP contribution in [-0.4, -0.2) is 37.5 Å². The van der Waals surface area contributed by atoms with E-state index in [4.69, 9.17) is 10.5 Å². The van der Waals surface area contributed by atoms with Gasteiger partial charge in [0.15, 0.2) is 0 Å².